The third-order valence-corrected chi connectivity index (χ3v) is 6.62. The number of ether oxygens (including phenoxy) is 1. The molecule has 0 radical (unpaired) electrons. The van der Waals surface area contributed by atoms with E-state index in [0.717, 1.165) is 18.5 Å². The predicted octanol–water partition coefficient (Wildman–Crippen LogP) is 4.75. The monoisotopic (exact) mass is 446 g/mol. The number of likely N-dealkylation sites (N-methyl/N-ethyl adjacent to an activating group) is 1. The summed E-state index contributed by atoms with van der Waals surface area (Å²) in [6.45, 7) is 13.7. The van der Waals surface area contributed by atoms with Crippen LogP contribution in [0.4, 0.5) is 15.8 Å². The van der Waals surface area contributed by atoms with Crippen molar-refractivity contribution in [3.8, 4) is 5.75 Å². The molecule has 2 aromatic rings. The number of nitrogen functional groups attached to an aromatic ring is 1. The van der Waals surface area contributed by atoms with Crippen LogP contribution in [-0.4, -0.2) is 37.9 Å². The van der Waals surface area contributed by atoms with Crippen molar-refractivity contribution in [2.45, 2.75) is 78.3 Å². The van der Waals surface area contributed by atoms with E-state index in [4.69, 9.17) is 10.5 Å². The molecule has 1 unspecified atom stereocenters. The summed E-state index contributed by atoms with van der Waals surface area (Å²) in [5.74, 6) is -0.0760. The van der Waals surface area contributed by atoms with Gasteiger partial charge in [-0.2, -0.15) is 0 Å². The fraction of sp³-hybridized carbons (Fsp3) is 0.640. The van der Waals surface area contributed by atoms with Crippen LogP contribution in [-0.2, 0) is 0 Å². The highest BCUT2D eigenvalue weighted by Crippen LogP contribution is 2.45. The number of hydrogen-bond donors (Lipinski definition) is 2. The van der Waals surface area contributed by atoms with Crippen LogP contribution in [0.1, 0.15) is 83.5 Å². The van der Waals surface area contributed by atoms with Gasteiger partial charge in [0, 0.05) is 36.4 Å². The van der Waals surface area contributed by atoms with Gasteiger partial charge in [-0.15, -0.1) is 0 Å². The maximum absolute atomic E-state index is 15.9. The molecule has 3 N–H and O–H groups in total. The molecule has 1 aromatic heterocycles. The molecule has 1 aliphatic rings. The molecule has 178 valence electrons. The molecule has 6 nitrogen and oxygen atoms in total. The summed E-state index contributed by atoms with van der Waals surface area (Å²) in [5, 5.41) is 3.53. The Labute approximate surface area is 190 Å². The molecule has 32 heavy (non-hydrogen) atoms. The molecule has 0 bridgehead atoms. The zero-order chi connectivity index (χ0) is 23.9. The van der Waals surface area contributed by atoms with E-state index >= 15 is 4.39 Å². The van der Waals surface area contributed by atoms with Crippen LogP contribution in [0.5, 0.6) is 5.75 Å². The van der Waals surface area contributed by atoms with Crippen LogP contribution in [0.2, 0.25) is 0 Å². The van der Waals surface area contributed by atoms with Crippen molar-refractivity contribution in [3.05, 3.63) is 27.3 Å². The number of nitrogens with one attached hydrogen (secondary N) is 1. The molecule has 7 heteroatoms. The normalized spacial score (nSPS) is 17.2. The lowest BCUT2D eigenvalue weighted by Gasteiger charge is -2.36. The van der Waals surface area contributed by atoms with Crippen LogP contribution in [0.3, 0.4) is 0 Å². The molecule has 0 aliphatic carbocycles. The van der Waals surface area contributed by atoms with Crippen LogP contribution >= 0.6 is 0 Å². The Morgan fingerprint density at radius 3 is 2.31 bits per heavy atom. The molecular weight excluding hydrogens is 407 g/mol. The topological polar surface area (TPSA) is 72.5 Å². The summed E-state index contributed by atoms with van der Waals surface area (Å²) < 4.78 is 23.9. The van der Waals surface area contributed by atoms with Gasteiger partial charge in [0.1, 0.15) is 5.69 Å². The second-order valence-electron chi connectivity index (χ2n) is 9.81. The standard InChI is InChI=1S/C25H39FN4O2/c1-13(2)17-21(14(3)4)30(15(5)6)22-18(24(17)31)20(27)19(26)23(25(22)32-8)29-11-9-10-16(12-29)28-7/h13-16,28H,9-12,27H2,1-8H3. The Morgan fingerprint density at radius 1 is 1.16 bits per heavy atom. The van der Waals surface area contributed by atoms with Gasteiger partial charge in [0.2, 0.25) is 0 Å². The van der Waals surface area contributed by atoms with Crippen LogP contribution in [0.25, 0.3) is 10.9 Å². The summed E-state index contributed by atoms with van der Waals surface area (Å²) in [7, 11) is 3.48. The van der Waals surface area contributed by atoms with Gasteiger partial charge in [0.05, 0.1) is 23.7 Å². The third kappa shape index (κ3) is 3.85. The van der Waals surface area contributed by atoms with Crippen LogP contribution in [0, 0.1) is 5.82 Å². The van der Waals surface area contributed by atoms with E-state index in [-0.39, 0.29) is 40.4 Å². The van der Waals surface area contributed by atoms with Gasteiger partial charge in [0.15, 0.2) is 17.0 Å². The molecule has 2 heterocycles. The maximum atomic E-state index is 15.9. The largest absolute Gasteiger partial charge is 0.492 e. The number of pyridine rings is 1. The van der Waals surface area contributed by atoms with Gasteiger partial charge in [-0.25, -0.2) is 4.39 Å². The lowest BCUT2D eigenvalue weighted by Crippen LogP contribution is -2.45. The number of piperidine rings is 1. The lowest BCUT2D eigenvalue weighted by atomic mass is 9.91. The Bertz CT molecular complexity index is 1060. The minimum absolute atomic E-state index is 0.0130. The Kier molecular flexibility index (Phi) is 7.08. The van der Waals surface area contributed by atoms with Gasteiger partial charge in [0.25, 0.3) is 0 Å². The second-order valence-corrected chi connectivity index (χ2v) is 9.81. The Balaban J connectivity index is 2.54. The number of anilines is 2. The second kappa shape index (κ2) is 9.30. The molecule has 3 rings (SSSR count). The molecular formula is C25H39FN4O2. The summed E-state index contributed by atoms with van der Waals surface area (Å²) in [5.41, 5.74) is 8.75. The third-order valence-electron chi connectivity index (χ3n) is 6.62. The molecule has 0 amide bonds. The molecule has 1 aromatic carbocycles. The lowest BCUT2D eigenvalue weighted by molar-refractivity contribution is 0.401. The quantitative estimate of drug-likeness (QED) is 0.627. The van der Waals surface area contributed by atoms with Crippen LogP contribution in [0.15, 0.2) is 4.79 Å². The van der Waals surface area contributed by atoms with Gasteiger partial charge in [-0.1, -0.05) is 27.7 Å². The first kappa shape index (κ1) is 24.4. The average Bonchev–Trinajstić information content (AvgIpc) is 2.74. The van der Waals surface area contributed by atoms with Crippen molar-refractivity contribution in [3.63, 3.8) is 0 Å². The highest BCUT2D eigenvalue weighted by Gasteiger charge is 2.32. The smallest absolute Gasteiger partial charge is 0.195 e. The first-order valence-corrected chi connectivity index (χ1v) is 11.8. The molecule has 0 spiro atoms. The molecule has 1 fully saturated rings. The molecule has 0 saturated carbocycles. The summed E-state index contributed by atoms with van der Waals surface area (Å²) in [6.07, 6.45) is 1.97. The first-order chi connectivity index (χ1) is 15.1. The van der Waals surface area contributed by atoms with E-state index in [1.54, 1.807) is 7.11 Å². The van der Waals surface area contributed by atoms with E-state index in [2.05, 4.69) is 37.6 Å². The highest BCUT2D eigenvalue weighted by molar-refractivity contribution is 6.01. The van der Waals surface area contributed by atoms with Crippen molar-refractivity contribution in [1.82, 2.24) is 9.88 Å². The van der Waals surface area contributed by atoms with Crippen LogP contribution < -0.4 is 26.1 Å². The fourth-order valence-corrected chi connectivity index (χ4v) is 5.23. The number of aromatic nitrogens is 1. The van der Waals surface area contributed by atoms with E-state index < -0.39 is 5.82 Å². The summed E-state index contributed by atoms with van der Waals surface area (Å²) in [4.78, 5) is 15.8. The average molecular weight is 447 g/mol. The summed E-state index contributed by atoms with van der Waals surface area (Å²) in [6, 6.07) is 0.289. The Hall–Kier alpha value is -2.28. The number of rotatable bonds is 6. The SMILES string of the molecule is CNC1CCCN(c2c(F)c(N)c3c(=O)c(C(C)C)c(C(C)C)n(C(C)C)c3c2OC)C1. The fourth-order valence-electron chi connectivity index (χ4n) is 5.23. The number of hydrogen-bond acceptors (Lipinski definition) is 5. The zero-order valence-electron chi connectivity index (χ0n) is 20.8. The van der Waals surface area contributed by atoms with E-state index in [1.165, 1.54) is 0 Å². The maximum Gasteiger partial charge on any atom is 0.195 e. The minimum atomic E-state index is -0.564. The van der Waals surface area contributed by atoms with Gasteiger partial charge in [-0.3, -0.25) is 4.79 Å². The minimum Gasteiger partial charge on any atom is -0.492 e. The zero-order valence-corrected chi connectivity index (χ0v) is 20.8. The Morgan fingerprint density at radius 2 is 1.81 bits per heavy atom. The van der Waals surface area contributed by atoms with Gasteiger partial charge >= 0.3 is 0 Å². The number of methoxy groups -OCH3 is 1. The molecule has 1 atom stereocenters. The van der Waals surface area contributed by atoms with E-state index in [0.29, 0.717) is 35.6 Å². The van der Waals surface area contributed by atoms with Crippen molar-refractivity contribution < 1.29 is 9.13 Å². The summed E-state index contributed by atoms with van der Waals surface area (Å²) >= 11 is 0. The van der Waals surface area contributed by atoms with Crippen molar-refractivity contribution >= 4 is 22.3 Å². The van der Waals surface area contributed by atoms with Crippen molar-refractivity contribution in [1.29, 1.82) is 0 Å². The number of benzene rings is 1. The van der Waals surface area contributed by atoms with E-state index in [9.17, 15) is 4.79 Å². The van der Waals surface area contributed by atoms with E-state index in [1.807, 2.05) is 25.8 Å². The number of fused-ring (bicyclic) bond motifs is 1. The van der Waals surface area contributed by atoms with Gasteiger partial charge < -0.3 is 25.3 Å². The van der Waals surface area contributed by atoms with Crippen molar-refractivity contribution in [2.75, 3.05) is 37.9 Å². The molecule has 1 aliphatic heterocycles. The molecule has 1 saturated heterocycles. The van der Waals surface area contributed by atoms with Crippen molar-refractivity contribution in [2.24, 2.45) is 0 Å². The predicted molar refractivity (Wildman–Crippen MR) is 132 cm³/mol. The highest BCUT2D eigenvalue weighted by atomic mass is 19.1. The first-order valence-electron chi connectivity index (χ1n) is 11.8. The number of nitrogens with two attached hydrogens (primary N) is 1. The number of nitrogens with zero attached hydrogens (tertiary/aromatic N) is 2. The number of halogens is 1. The van der Waals surface area contributed by atoms with Gasteiger partial charge in [-0.05, 0) is 45.6 Å².